The number of piperazine rings is 1. The largest absolute Gasteiger partial charge is 0.493 e. The molecule has 0 aliphatic carbocycles. The Morgan fingerprint density at radius 2 is 1.81 bits per heavy atom. The van der Waals surface area contributed by atoms with E-state index in [9.17, 15) is 0 Å². The van der Waals surface area contributed by atoms with Crippen LogP contribution in [0.25, 0.3) is 0 Å². The first-order valence-electron chi connectivity index (χ1n) is 9.24. The molecule has 2 heterocycles. The van der Waals surface area contributed by atoms with Gasteiger partial charge < -0.3 is 14.4 Å². The fraction of sp³-hybridized carbons (Fsp3) is 0.579. The van der Waals surface area contributed by atoms with Crippen LogP contribution in [-0.2, 0) is 13.2 Å². The van der Waals surface area contributed by atoms with Crippen LogP contribution in [0.5, 0.6) is 11.5 Å². The number of ether oxygens (including phenoxy) is 2. The van der Waals surface area contributed by atoms with Crippen molar-refractivity contribution in [3.05, 3.63) is 35.9 Å². The smallest absolute Gasteiger partial charge is 0.188 e. The van der Waals surface area contributed by atoms with E-state index in [1.165, 1.54) is 0 Å². The van der Waals surface area contributed by atoms with Crippen LogP contribution in [-0.4, -0.2) is 64.9 Å². The summed E-state index contributed by atoms with van der Waals surface area (Å²) in [6.07, 6.45) is 0. The number of rotatable bonds is 7. The Morgan fingerprint density at radius 3 is 2.46 bits per heavy atom. The average molecular weight is 359 g/mol. The van der Waals surface area contributed by atoms with Crippen LogP contribution in [0.15, 0.2) is 24.3 Å². The number of aromatic nitrogens is 3. The summed E-state index contributed by atoms with van der Waals surface area (Å²) in [4.78, 5) is 9.61. The molecule has 1 aliphatic rings. The van der Waals surface area contributed by atoms with Gasteiger partial charge in [0.15, 0.2) is 17.3 Å². The van der Waals surface area contributed by atoms with E-state index in [2.05, 4.69) is 35.8 Å². The fourth-order valence-corrected chi connectivity index (χ4v) is 3.26. The number of para-hydroxylation sites is 2. The zero-order valence-electron chi connectivity index (χ0n) is 16.2. The van der Waals surface area contributed by atoms with Crippen molar-refractivity contribution < 1.29 is 9.47 Å². The summed E-state index contributed by atoms with van der Waals surface area (Å²) in [6, 6.07) is 7.87. The SMILES string of the molecule is CCn1nc(COc2ccccc2OC)nc1C(C)N1CCN(C)CC1. The van der Waals surface area contributed by atoms with Crippen LogP contribution in [0.3, 0.4) is 0 Å². The Labute approximate surface area is 155 Å². The molecule has 1 atom stereocenters. The van der Waals surface area contributed by atoms with Gasteiger partial charge in [-0.25, -0.2) is 9.67 Å². The highest BCUT2D eigenvalue weighted by molar-refractivity contribution is 5.39. The standard InChI is InChI=1S/C19H29N5O2/c1-5-24-19(15(2)23-12-10-22(3)11-13-23)20-18(21-24)14-26-17-9-7-6-8-16(17)25-4/h6-9,15H,5,10-14H2,1-4H3. The molecule has 0 amide bonds. The predicted molar refractivity (Wildman–Crippen MR) is 101 cm³/mol. The highest BCUT2D eigenvalue weighted by atomic mass is 16.5. The third-order valence-corrected chi connectivity index (χ3v) is 4.93. The van der Waals surface area contributed by atoms with Crippen molar-refractivity contribution in [2.75, 3.05) is 40.3 Å². The lowest BCUT2D eigenvalue weighted by Gasteiger charge is -2.35. The summed E-state index contributed by atoms with van der Waals surface area (Å²) in [6.45, 7) is 9.74. The van der Waals surface area contributed by atoms with E-state index in [-0.39, 0.29) is 6.04 Å². The van der Waals surface area contributed by atoms with Crippen LogP contribution in [0.1, 0.15) is 31.5 Å². The van der Waals surface area contributed by atoms with E-state index in [4.69, 9.17) is 14.5 Å². The van der Waals surface area contributed by atoms with Gasteiger partial charge in [0.1, 0.15) is 12.4 Å². The van der Waals surface area contributed by atoms with Gasteiger partial charge in [0.2, 0.25) is 0 Å². The third-order valence-electron chi connectivity index (χ3n) is 4.93. The lowest BCUT2D eigenvalue weighted by atomic mass is 10.2. The second-order valence-electron chi connectivity index (χ2n) is 6.66. The minimum atomic E-state index is 0.246. The molecular weight excluding hydrogens is 330 g/mol. The highest BCUT2D eigenvalue weighted by Crippen LogP contribution is 2.27. The molecular formula is C19H29N5O2. The molecule has 26 heavy (non-hydrogen) atoms. The van der Waals surface area contributed by atoms with E-state index in [0.29, 0.717) is 23.9 Å². The summed E-state index contributed by atoms with van der Waals surface area (Å²) in [5, 5.41) is 4.63. The summed E-state index contributed by atoms with van der Waals surface area (Å²) in [5.74, 6) is 3.13. The molecule has 0 saturated carbocycles. The molecule has 7 nitrogen and oxygen atoms in total. The molecule has 142 valence electrons. The first kappa shape index (κ1) is 18.7. The molecule has 2 aromatic rings. The first-order chi connectivity index (χ1) is 12.6. The quantitative estimate of drug-likeness (QED) is 0.755. The van der Waals surface area contributed by atoms with Gasteiger partial charge >= 0.3 is 0 Å². The van der Waals surface area contributed by atoms with E-state index >= 15 is 0 Å². The normalized spacial score (nSPS) is 17.2. The minimum Gasteiger partial charge on any atom is -0.493 e. The number of likely N-dealkylation sites (N-methyl/N-ethyl adjacent to an activating group) is 1. The maximum absolute atomic E-state index is 5.88. The molecule has 0 radical (unpaired) electrons. The van der Waals surface area contributed by atoms with Crippen molar-refractivity contribution in [1.29, 1.82) is 0 Å². The van der Waals surface area contributed by atoms with Crippen molar-refractivity contribution in [3.8, 4) is 11.5 Å². The summed E-state index contributed by atoms with van der Waals surface area (Å²) in [5.41, 5.74) is 0. The topological polar surface area (TPSA) is 55.7 Å². The van der Waals surface area contributed by atoms with Crippen molar-refractivity contribution in [1.82, 2.24) is 24.6 Å². The Bertz CT molecular complexity index is 710. The van der Waals surface area contributed by atoms with Gasteiger partial charge in [0, 0.05) is 32.7 Å². The van der Waals surface area contributed by atoms with Gasteiger partial charge in [-0.3, -0.25) is 4.90 Å². The number of nitrogens with zero attached hydrogens (tertiary/aromatic N) is 5. The second kappa shape index (κ2) is 8.51. The molecule has 1 unspecified atom stereocenters. The van der Waals surface area contributed by atoms with E-state index in [0.717, 1.165) is 38.5 Å². The predicted octanol–water partition coefficient (Wildman–Crippen LogP) is 2.19. The fourth-order valence-electron chi connectivity index (χ4n) is 3.26. The minimum absolute atomic E-state index is 0.246. The van der Waals surface area contributed by atoms with Crippen molar-refractivity contribution in [2.24, 2.45) is 0 Å². The van der Waals surface area contributed by atoms with Gasteiger partial charge in [0.05, 0.1) is 13.2 Å². The Morgan fingerprint density at radius 1 is 1.12 bits per heavy atom. The van der Waals surface area contributed by atoms with Crippen LogP contribution >= 0.6 is 0 Å². The number of aryl methyl sites for hydroxylation is 1. The molecule has 0 N–H and O–H groups in total. The molecule has 3 rings (SSSR count). The molecule has 0 bridgehead atoms. The van der Waals surface area contributed by atoms with Crippen LogP contribution in [0.4, 0.5) is 0 Å². The number of methoxy groups -OCH3 is 1. The zero-order valence-corrected chi connectivity index (χ0v) is 16.2. The van der Waals surface area contributed by atoms with Crippen molar-refractivity contribution in [2.45, 2.75) is 33.0 Å². The molecule has 1 aromatic carbocycles. The maximum Gasteiger partial charge on any atom is 0.188 e. The first-order valence-corrected chi connectivity index (χ1v) is 9.24. The van der Waals surface area contributed by atoms with Crippen LogP contribution in [0.2, 0.25) is 0 Å². The van der Waals surface area contributed by atoms with Crippen molar-refractivity contribution in [3.63, 3.8) is 0 Å². The lowest BCUT2D eigenvalue weighted by Crippen LogP contribution is -2.45. The molecule has 1 fully saturated rings. The molecule has 1 saturated heterocycles. The lowest BCUT2D eigenvalue weighted by molar-refractivity contribution is 0.113. The molecule has 0 spiro atoms. The van der Waals surface area contributed by atoms with Gasteiger partial charge in [0.25, 0.3) is 0 Å². The number of benzene rings is 1. The number of hydrogen-bond donors (Lipinski definition) is 0. The zero-order chi connectivity index (χ0) is 18.5. The van der Waals surface area contributed by atoms with E-state index < -0.39 is 0 Å². The van der Waals surface area contributed by atoms with Crippen molar-refractivity contribution >= 4 is 0 Å². The van der Waals surface area contributed by atoms with Crippen LogP contribution in [0, 0.1) is 0 Å². The average Bonchev–Trinajstić information content (AvgIpc) is 3.10. The number of hydrogen-bond acceptors (Lipinski definition) is 6. The van der Waals surface area contributed by atoms with Crippen LogP contribution < -0.4 is 9.47 Å². The maximum atomic E-state index is 5.88. The Kier molecular flexibility index (Phi) is 6.11. The van der Waals surface area contributed by atoms with Gasteiger partial charge in [-0.1, -0.05) is 12.1 Å². The Hall–Kier alpha value is -2.12. The van der Waals surface area contributed by atoms with Gasteiger partial charge in [-0.05, 0) is 33.0 Å². The Balaban J connectivity index is 1.70. The van der Waals surface area contributed by atoms with Gasteiger partial charge in [-0.15, -0.1) is 0 Å². The van der Waals surface area contributed by atoms with E-state index in [1.54, 1.807) is 7.11 Å². The summed E-state index contributed by atoms with van der Waals surface area (Å²) < 4.78 is 13.2. The van der Waals surface area contributed by atoms with E-state index in [1.807, 2.05) is 28.9 Å². The summed E-state index contributed by atoms with van der Waals surface area (Å²) in [7, 11) is 3.81. The molecule has 1 aromatic heterocycles. The summed E-state index contributed by atoms with van der Waals surface area (Å²) >= 11 is 0. The second-order valence-corrected chi connectivity index (χ2v) is 6.66. The highest BCUT2D eigenvalue weighted by Gasteiger charge is 2.25. The van der Waals surface area contributed by atoms with Gasteiger partial charge in [-0.2, -0.15) is 5.10 Å². The third kappa shape index (κ3) is 4.16. The molecule has 7 heteroatoms. The molecule has 1 aliphatic heterocycles. The monoisotopic (exact) mass is 359 g/mol.